The molecule has 2 N–H and O–H groups in total. The highest BCUT2D eigenvalue weighted by atomic mass is 16.2. The van der Waals surface area contributed by atoms with E-state index < -0.39 is 0 Å². The van der Waals surface area contributed by atoms with E-state index in [-0.39, 0.29) is 18.4 Å². The molecule has 2 aromatic rings. The Balaban J connectivity index is 1.57. The van der Waals surface area contributed by atoms with Gasteiger partial charge in [0.05, 0.1) is 6.54 Å². The number of nitrogens with one attached hydrogen (secondary N) is 2. The van der Waals surface area contributed by atoms with Crippen LogP contribution in [0.3, 0.4) is 0 Å². The largest absolute Gasteiger partial charge is 0.352 e. The number of carbonyl (C=O) groups excluding carboxylic acids is 2. The first-order valence-electron chi connectivity index (χ1n) is 7.93. The quantitative estimate of drug-likeness (QED) is 0.843. The lowest BCUT2D eigenvalue weighted by Gasteiger charge is -2.17. The normalized spacial score (nSPS) is 13.4. The first-order valence-corrected chi connectivity index (χ1v) is 7.93. The van der Waals surface area contributed by atoms with Crippen molar-refractivity contribution in [3.63, 3.8) is 0 Å². The molecule has 0 spiro atoms. The number of aromatic nitrogens is 2. The number of hydrogen-bond acceptors (Lipinski definition) is 4. The molecule has 0 unspecified atom stereocenters. The smallest absolute Gasteiger partial charge is 0.254 e. The molecular formula is C17H21N5O2. The maximum atomic E-state index is 12.4. The third-order valence-corrected chi connectivity index (χ3v) is 3.79. The van der Waals surface area contributed by atoms with Crippen molar-refractivity contribution in [3.8, 4) is 0 Å². The number of likely N-dealkylation sites (N-methyl/N-ethyl adjacent to an activating group) is 1. The Hall–Kier alpha value is -2.83. The number of rotatable bonds is 6. The topological polar surface area (TPSA) is 79.3 Å². The summed E-state index contributed by atoms with van der Waals surface area (Å²) in [6.45, 7) is 0.0727. The minimum absolute atomic E-state index is 0.0727. The van der Waals surface area contributed by atoms with E-state index >= 15 is 0 Å². The van der Waals surface area contributed by atoms with Gasteiger partial charge in [0.25, 0.3) is 5.91 Å². The molecule has 126 valence electrons. The van der Waals surface area contributed by atoms with E-state index in [1.807, 2.05) is 31.4 Å². The lowest BCUT2D eigenvalue weighted by molar-refractivity contribution is -0.121. The number of hydrogen-bond donors (Lipinski definition) is 2. The van der Waals surface area contributed by atoms with Crippen LogP contribution in [0.15, 0.2) is 36.5 Å². The minimum atomic E-state index is -0.176. The minimum Gasteiger partial charge on any atom is -0.352 e. The molecule has 1 aromatic carbocycles. The first kappa shape index (κ1) is 16.0. The molecule has 0 bridgehead atoms. The third-order valence-electron chi connectivity index (χ3n) is 3.79. The summed E-state index contributed by atoms with van der Waals surface area (Å²) < 4.78 is 1.71. The highest BCUT2D eigenvalue weighted by molar-refractivity contribution is 5.96. The highest BCUT2D eigenvalue weighted by Crippen LogP contribution is 2.18. The van der Waals surface area contributed by atoms with Crippen LogP contribution in [-0.4, -0.2) is 46.1 Å². The summed E-state index contributed by atoms with van der Waals surface area (Å²) in [5.74, 6) is 0.456. The zero-order valence-corrected chi connectivity index (χ0v) is 13.8. The molecule has 1 fully saturated rings. The fourth-order valence-electron chi connectivity index (χ4n) is 2.33. The number of anilines is 2. The van der Waals surface area contributed by atoms with Gasteiger partial charge < -0.3 is 15.5 Å². The molecule has 24 heavy (non-hydrogen) atoms. The number of nitrogens with zero attached hydrogens (tertiary/aromatic N) is 3. The summed E-state index contributed by atoms with van der Waals surface area (Å²) in [5, 5.41) is 10.3. The molecule has 1 aromatic heterocycles. The second-order valence-electron chi connectivity index (χ2n) is 6.08. The molecule has 2 amide bonds. The van der Waals surface area contributed by atoms with Gasteiger partial charge in [-0.2, -0.15) is 5.10 Å². The third kappa shape index (κ3) is 4.13. The van der Waals surface area contributed by atoms with Gasteiger partial charge >= 0.3 is 0 Å². The molecular weight excluding hydrogens is 306 g/mol. The zero-order valence-electron chi connectivity index (χ0n) is 13.8. The van der Waals surface area contributed by atoms with Crippen molar-refractivity contribution in [2.24, 2.45) is 7.05 Å². The molecule has 7 nitrogen and oxygen atoms in total. The maximum absolute atomic E-state index is 12.4. The lowest BCUT2D eigenvalue weighted by atomic mass is 10.2. The Bertz CT molecular complexity index is 734. The zero-order chi connectivity index (χ0) is 17.1. The van der Waals surface area contributed by atoms with Gasteiger partial charge in [-0.25, -0.2) is 0 Å². The molecule has 1 heterocycles. The van der Waals surface area contributed by atoms with Crippen molar-refractivity contribution in [2.45, 2.75) is 18.9 Å². The molecule has 0 radical (unpaired) electrons. The molecule has 1 saturated carbocycles. The van der Waals surface area contributed by atoms with Gasteiger partial charge in [-0.05, 0) is 37.1 Å². The number of benzene rings is 1. The SMILES string of the molecule is CN(CC(=O)NC1CC1)C(=O)c1ccc(Nc2ccn(C)n2)cc1. The van der Waals surface area contributed by atoms with E-state index in [2.05, 4.69) is 15.7 Å². The Morgan fingerprint density at radius 3 is 2.54 bits per heavy atom. The molecule has 0 aliphatic heterocycles. The number of aryl methyl sites for hydroxylation is 1. The molecule has 1 aliphatic carbocycles. The number of amides is 2. The second-order valence-corrected chi connectivity index (χ2v) is 6.08. The van der Waals surface area contributed by atoms with E-state index in [1.54, 1.807) is 23.9 Å². The predicted octanol–water partition coefficient (Wildman–Crippen LogP) is 1.51. The Kier molecular flexibility index (Phi) is 4.50. The molecule has 7 heteroatoms. The van der Waals surface area contributed by atoms with Crippen LogP contribution in [0.25, 0.3) is 0 Å². The van der Waals surface area contributed by atoms with Crippen molar-refractivity contribution < 1.29 is 9.59 Å². The van der Waals surface area contributed by atoms with Crippen LogP contribution in [0.1, 0.15) is 23.2 Å². The Morgan fingerprint density at radius 1 is 1.25 bits per heavy atom. The van der Waals surface area contributed by atoms with Gasteiger partial charge in [0.1, 0.15) is 0 Å². The molecule has 3 rings (SSSR count). The van der Waals surface area contributed by atoms with Crippen LogP contribution in [0.5, 0.6) is 0 Å². The summed E-state index contributed by atoms with van der Waals surface area (Å²) in [6, 6.07) is 9.29. The van der Waals surface area contributed by atoms with Crippen molar-refractivity contribution >= 4 is 23.3 Å². The Labute approximate surface area is 140 Å². The van der Waals surface area contributed by atoms with Crippen LogP contribution >= 0.6 is 0 Å². The predicted molar refractivity (Wildman–Crippen MR) is 91.1 cm³/mol. The van der Waals surface area contributed by atoms with Crippen LogP contribution in [0, 0.1) is 0 Å². The van der Waals surface area contributed by atoms with E-state index in [9.17, 15) is 9.59 Å². The van der Waals surface area contributed by atoms with Crippen LogP contribution in [-0.2, 0) is 11.8 Å². The maximum Gasteiger partial charge on any atom is 0.254 e. The van der Waals surface area contributed by atoms with Gasteiger partial charge in [0.15, 0.2) is 5.82 Å². The van der Waals surface area contributed by atoms with Gasteiger partial charge in [0.2, 0.25) is 5.91 Å². The average molecular weight is 327 g/mol. The van der Waals surface area contributed by atoms with E-state index in [1.165, 1.54) is 4.90 Å². The summed E-state index contributed by atoms with van der Waals surface area (Å²) in [7, 11) is 3.48. The standard InChI is InChI=1S/C17H21N5O2/c1-21(11-16(23)19-14-7-8-14)17(24)12-3-5-13(6-4-12)18-15-9-10-22(2)20-15/h3-6,9-10,14H,7-8,11H2,1-2H3,(H,18,20)(H,19,23). The molecule has 0 atom stereocenters. The van der Waals surface area contributed by atoms with Crippen LogP contribution in [0.2, 0.25) is 0 Å². The van der Waals surface area contributed by atoms with Crippen molar-refractivity contribution in [2.75, 3.05) is 18.9 Å². The summed E-state index contributed by atoms with van der Waals surface area (Å²) in [5.41, 5.74) is 1.39. The summed E-state index contributed by atoms with van der Waals surface area (Å²) in [4.78, 5) is 25.6. The van der Waals surface area contributed by atoms with Crippen molar-refractivity contribution in [3.05, 3.63) is 42.1 Å². The van der Waals surface area contributed by atoms with Gasteiger partial charge in [-0.15, -0.1) is 0 Å². The Morgan fingerprint density at radius 2 is 1.96 bits per heavy atom. The average Bonchev–Trinajstić information content (AvgIpc) is 3.27. The van der Waals surface area contributed by atoms with E-state index in [4.69, 9.17) is 0 Å². The lowest BCUT2D eigenvalue weighted by Crippen LogP contribution is -2.39. The van der Waals surface area contributed by atoms with Crippen LogP contribution < -0.4 is 10.6 Å². The molecule has 1 aliphatic rings. The first-order chi connectivity index (χ1) is 11.5. The van der Waals surface area contributed by atoms with Gasteiger partial charge in [0, 0.05) is 43.7 Å². The fourth-order valence-corrected chi connectivity index (χ4v) is 2.33. The van der Waals surface area contributed by atoms with Crippen molar-refractivity contribution in [1.82, 2.24) is 20.0 Å². The van der Waals surface area contributed by atoms with Crippen LogP contribution in [0.4, 0.5) is 11.5 Å². The summed E-state index contributed by atoms with van der Waals surface area (Å²) in [6.07, 6.45) is 3.92. The fraction of sp³-hybridized carbons (Fsp3) is 0.353. The number of carbonyl (C=O) groups is 2. The monoisotopic (exact) mass is 327 g/mol. The van der Waals surface area contributed by atoms with E-state index in [0.717, 1.165) is 24.3 Å². The van der Waals surface area contributed by atoms with Gasteiger partial charge in [-0.1, -0.05) is 0 Å². The van der Waals surface area contributed by atoms with Crippen molar-refractivity contribution in [1.29, 1.82) is 0 Å². The summed E-state index contributed by atoms with van der Waals surface area (Å²) >= 11 is 0. The second kappa shape index (κ2) is 6.74. The van der Waals surface area contributed by atoms with E-state index in [0.29, 0.717) is 11.6 Å². The molecule has 0 saturated heterocycles. The highest BCUT2D eigenvalue weighted by Gasteiger charge is 2.24. The van der Waals surface area contributed by atoms with Gasteiger partial charge in [-0.3, -0.25) is 14.3 Å².